The monoisotopic (exact) mass is 418 g/mol. The summed E-state index contributed by atoms with van der Waals surface area (Å²) in [5.41, 5.74) is 6.04. The topological polar surface area (TPSA) is 130 Å². The molecule has 3 atom stereocenters. The minimum atomic E-state index is -3.60. The van der Waals surface area contributed by atoms with Gasteiger partial charge in [-0.2, -0.15) is 0 Å². The summed E-state index contributed by atoms with van der Waals surface area (Å²) in [4.78, 5) is 24.7. The van der Waals surface area contributed by atoms with Crippen LogP contribution in [-0.4, -0.2) is 39.9 Å². The van der Waals surface area contributed by atoms with Crippen LogP contribution in [0.4, 0.5) is 5.69 Å². The number of anilines is 1. The molecule has 1 fully saturated rings. The van der Waals surface area contributed by atoms with E-state index >= 15 is 0 Å². The number of rotatable bonds is 7. The lowest BCUT2D eigenvalue weighted by atomic mass is 9.95. The molecule has 0 saturated heterocycles. The van der Waals surface area contributed by atoms with Crippen LogP contribution in [0, 0.1) is 11.8 Å². The Morgan fingerprint density at radius 1 is 1.30 bits per heavy atom. The predicted molar refractivity (Wildman–Crippen MR) is 106 cm³/mol. The fourth-order valence-corrected chi connectivity index (χ4v) is 3.94. The number of hydrogen-bond donors (Lipinski definition) is 4. The molecule has 152 valence electrons. The van der Waals surface area contributed by atoms with Crippen molar-refractivity contribution in [1.82, 2.24) is 10.0 Å². The van der Waals surface area contributed by atoms with Crippen molar-refractivity contribution in [2.75, 3.05) is 18.9 Å². The van der Waals surface area contributed by atoms with Crippen molar-refractivity contribution in [3.63, 3.8) is 0 Å². The molecule has 0 radical (unpaired) electrons. The molecule has 0 aliphatic heterocycles. The Balaban J connectivity index is 0.00000364. The van der Waals surface area contributed by atoms with Crippen LogP contribution in [-0.2, 0) is 19.6 Å². The minimum absolute atomic E-state index is 0. The highest BCUT2D eigenvalue weighted by molar-refractivity contribution is 7.89. The molecule has 8 nitrogen and oxygen atoms in total. The highest BCUT2D eigenvalue weighted by atomic mass is 35.5. The van der Waals surface area contributed by atoms with Gasteiger partial charge in [0, 0.05) is 11.6 Å². The van der Waals surface area contributed by atoms with Gasteiger partial charge in [-0.3, -0.25) is 9.59 Å². The summed E-state index contributed by atoms with van der Waals surface area (Å²) in [6.07, 6.45) is 2.68. The van der Waals surface area contributed by atoms with E-state index < -0.39 is 22.0 Å². The quantitative estimate of drug-likeness (QED) is 0.521. The van der Waals surface area contributed by atoms with Gasteiger partial charge in [0.05, 0.1) is 4.90 Å². The summed E-state index contributed by atoms with van der Waals surface area (Å²) in [5.74, 6) is -0.570. The number of nitrogens with one attached hydrogen (secondary N) is 3. The normalized spacial score (nSPS) is 20.4. The SMILES string of the molecule is CNS(=O)(=O)c1cccc(NC(=O)C(C)NC(=O)[C@@H]2CCC[C@@H]2CN)c1.Cl. The number of hydrogen-bond acceptors (Lipinski definition) is 5. The number of amides is 2. The maximum atomic E-state index is 12.4. The molecule has 5 N–H and O–H groups in total. The van der Waals surface area contributed by atoms with Gasteiger partial charge in [-0.15, -0.1) is 12.4 Å². The van der Waals surface area contributed by atoms with Gasteiger partial charge >= 0.3 is 0 Å². The molecule has 0 aromatic heterocycles. The molecule has 1 aliphatic carbocycles. The second-order valence-corrected chi connectivity index (χ2v) is 8.37. The van der Waals surface area contributed by atoms with Crippen LogP contribution in [0.15, 0.2) is 29.2 Å². The maximum Gasteiger partial charge on any atom is 0.246 e. The van der Waals surface area contributed by atoms with E-state index in [1.165, 1.54) is 25.2 Å². The van der Waals surface area contributed by atoms with Gasteiger partial charge in [0.1, 0.15) is 6.04 Å². The lowest BCUT2D eigenvalue weighted by molar-refractivity contribution is -0.129. The largest absolute Gasteiger partial charge is 0.344 e. The van der Waals surface area contributed by atoms with Crippen molar-refractivity contribution in [2.24, 2.45) is 17.6 Å². The zero-order chi connectivity index (χ0) is 19.3. The number of carbonyl (C=O) groups excluding carboxylic acids is 2. The Labute approximate surface area is 166 Å². The zero-order valence-electron chi connectivity index (χ0n) is 15.4. The third-order valence-corrected chi connectivity index (χ3v) is 6.14. The van der Waals surface area contributed by atoms with Crippen molar-refractivity contribution in [1.29, 1.82) is 0 Å². The lowest BCUT2D eigenvalue weighted by Crippen LogP contribution is -2.45. The fourth-order valence-electron chi connectivity index (χ4n) is 3.16. The van der Waals surface area contributed by atoms with Gasteiger partial charge in [-0.1, -0.05) is 12.5 Å². The van der Waals surface area contributed by atoms with E-state index in [-0.39, 0.29) is 35.0 Å². The molecule has 27 heavy (non-hydrogen) atoms. The van der Waals surface area contributed by atoms with Crippen LogP contribution in [0.1, 0.15) is 26.2 Å². The molecular weight excluding hydrogens is 392 g/mol. The third-order valence-electron chi connectivity index (χ3n) is 4.73. The standard InChI is InChI=1S/C17H26N4O4S.ClH/c1-11(20-17(23)15-8-3-5-12(15)10-18)16(22)21-13-6-4-7-14(9-13)26(24,25)19-2;/h4,6-7,9,11-12,15,19H,3,5,8,10,18H2,1-2H3,(H,20,23)(H,21,22);1H/t11?,12-,15-;/m1./s1. The number of sulfonamides is 1. The maximum absolute atomic E-state index is 12.4. The summed E-state index contributed by atoms with van der Waals surface area (Å²) in [7, 11) is -2.28. The third kappa shape index (κ3) is 5.90. The molecule has 2 amide bonds. The smallest absolute Gasteiger partial charge is 0.246 e. The number of halogens is 1. The van der Waals surface area contributed by atoms with Crippen molar-refractivity contribution in [3.05, 3.63) is 24.3 Å². The zero-order valence-corrected chi connectivity index (χ0v) is 17.0. The summed E-state index contributed by atoms with van der Waals surface area (Å²) in [6, 6.07) is 5.17. The Morgan fingerprint density at radius 3 is 2.63 bits per heavy atom. The summed E-state index contributed by atoms with van der Waals surface area (Å²) in [6.45, 7) is 2.05. The van der Waals surface area contributed by atoms with Crippen molar-refractivity contribution in [2.45, 2.75) is 37.1 Å². The van der Waals surface area contributed by atoms with E-state index in [1.807, 2.05) is 0 Å². The fraction of sp³-hybridized carbons (Fsp3) is 0.529. The highest BCUT2D eigenvalue weighted by Crippen LogP contribution is 2.31. The first-order valence-electron chi connectivity index (χ1n) is 8.63. The van der Waals surface area contributed by atoms with Crippen molar-refractivity contribution < 1.29 is 18.0 Å². The van der Waals surface area contributed by atoms with E-state index in [4.69, 9.17) is 5.73 Å². The summed E-state index contributed by atoms with van der Waals surface area (Å²) >= 11 is 0. The van der Waals surface area contributed by atoms with Gasteiger partial charge in [-0.25, -0.2) is 13.1 Å². The van der Waals surface area contributed by atoms with Crippen molar-refractivity contribution >= 4 is 39.9 Å². The molecule has 10 heteroatoms. The van der Waals surface area contributed by atoms with E-state index in [1.54, 1.807) is 13.0 Å². The lowest BCUT2D eigenvalue weighted by Gasteiger charge is -2.20. The van der Waals surface area contributed by atoms with Crippen LogP contribution in [0.5, 0.6) is 0 Å². The predicted octanol–water partition coefficient (Wildman–Crippen LogP) is 0.835. The second-order valence-electron chi connectivity index (χ2n) is 6.49. The van der Waals surface area contributed by atoms with Gasteiger partial charge in [0.15, 0.2) is 0 Å². The molecule has 1 aromatic carbocycles. The van der Waals surface area contributed by atoms with Crippen LogP contribution in [0.3, 0.4) is 0 Å². The average molecular weight is 419 g/mol. The average Bonchev–Trinajstić information content (AvgIpc) is 3.10. The molecule has 0 spiro atoms. The van der Waals surface area contributed by atoms with Crippen molar-refractivity contribution in [3.8, 4) is 0 Å². The van der Waals surface area contributed by atoms with Gasteiger partial charge in [0.2, 0.25) is 21.8 Å². The van der Waals surface area contributed by atoms with E-state index in [2.05, 4.69) is 15.4 Å². The number of benzene rings is 1. The second kappa shape index (κ2) is 10.0. The first-order valence-corrected chi connectivity index (χ1v) is 10.1. The van der Waals surface area contributed by atoms with Crippen LogP contribution < -0.4 is 21.1 Å². The number of nitrogens with two attached hydrogens (primary N) is 1. The highest BCUT2D eigenvalue weighted by Gasteiger charge is 2.33. The molecular formula is C17H27ClN4O4S. The van der Waals surface area contributed by atoms with Gasteiger partial charge < -0.3 is 16.4 Å². The first-order chi connectivity index (χ1) is 12.3. The molecule has 1 unspecified atom stereocenters. The Morgan fingerprint density at radius 2 is 2.00 bits per heavy atom. The molecule has 1 aliphatic rings. The molecule has 2 rings (SSSR count). The molecule has 1 aromatic rings. The van der Waals surface area contributed by atoms with Gasteiger partial charge in [-0.05, 0) is 57.5 Å². The summed E-state index contributed by atoms with van der Waals surface area (Å²) < 4.78 is 25.9. The minimum Gasteiger partial charge on any atom is -0.344 e. The molecule has 0 heterocycles. The Kier molecular flexibility index (Phi) is 8.67. The van der Waals surface area contributed by atoms with Crippen LogP contribution in [0.2, 0.25) is 0 Å². The van der Waals surface area contributed by atoms with Crippen LogP contribution in [0.25, 0.3) is 0 Å². The molecule has 0 bridgehead atoms. The number of carbonyl (C=O) groups is 2. The first kappa shape index (κ1) is 23.4. The van der Waals surface area contributed by atoms with E-state index in [0.717, 1.165) is 19.3 Å². The van der Waals surface area contributed by atoms with E-state index in [9.17, 15) is 18.0 Å². The van der Waals surface area contributed by atoms with Crippen LogP contribution >= 0.6 is 12.4 Å². The Hall–Kier alpha value is -1.68. The summed E-state index contributed by atoms with van der Waals surface area (Å²) in [5, 5.41) is 5.35. The van der Waals surface area contributed by atoms with Gasteiger partial charge in [0.25, 0.3) is 0 Å². The molecule has 1 saturated carbocycles. The van der Waals surface area contributed by atoms with E-state index in [0.29, 0.717) is 12.2 Å². The Bertz CT molecular complexity index is 772.